The zero-order valence-corrected chi connectivity index (χ0v) is 10.6. The molecular formula is C12H13NO7. The van der Waals surface area contributed by atoms with Crippen molar-refractivity contribution in [3.05, 3.63) is 23.8 Å². The molecule has 0 atom stereocenters. The number of hydrogen-bond acceptors (Lipinski definition) is 7. The number of phenolic OH excluding ortho intramolecular Hbond substituents is 2. The number of rotatable bonds is 5. The van der Waals surface area contributed by atoms with Gasteiger partial charge in [0, 0.05) is 6.07 Å². The minimum absolute atomic E-state index is 0.191. The number of amides is 1. The SMILES string of the molecule is COC(=O)CNC(=O)COC(=O)c1ccc(O)cc1O. The molecule has 0 aliphatic heterocycles. The van der Waals surface area contributed by atoms with Crippen LogP contribution in [0, 0.1) is 0 Å². The second kappa shape index (κ2) is 6.98. The summed E-state index contributed by atoms with van der Waals surface area (Å²) in [4.78, 5) is 33.5. The lowest BCUT2D eigenvalue weighted by atomic mass is 10.2. The summed E-state index contributed by atoms with van der Waals surface area (Å²) in [5.41, 5.74) is -0.191. The van der Waals surface area contributed by atoms with Crippen LogP contribution in [0.25, 0.3) is 0 Å². The summed E-state index contributed by atoms with van der Waals surface area (Å²) < 4.78 is 8.94. The molecule has 1 aromatic rings. The molecule has 0 saturated carbocycles. The van der Waals surface area contributed by atoms with Gasteiger partial charge in [-0.2, -0.15) is 0 Å². The van der Waals surface area contributed by atoms with E-state index in [1.54, 1.807) is 0 Å². The number of aromatic hydroxyl groups is 2. The number of benzene rings is 1. The van der Waals surface area contributed by atoms with E-state index in [0.717, 1.165) is 12.1 Å². The highest BCUT2D eigenvalue weighted by molar-refractivity contribution is 5.94. The molecule has 108 valence electrons. The molecule has 0 bridgehead atoms. The lowest BCUT2D eigenvalue weighted by molar-refractivity contribution is -0.141. The molecule has 1 amide bonds. The minimum Gasteiger partial charge on any atom is -0.508 e. The molecule has 8 heteroatoms. The number of esters is 2. The third-order valence-corrected chi connectivity index (χ3v) is 2.19. The van der Waals surface area contributed by atoms with Gasteiger partial charge in [0.2, 0.25) is 0 Å². The largest absolute Gasteiger partial charge is 0.508 e. The van der Waals surface area contributed by atoms with Crippen LogP contribution in [-0.4, -0.2) is 48.3 Å². The van der Waals surface area contributed by atoms with Gasteiger partial charge < -0.3 is 25.0 Å². The molecule has 0 heterocycles. The van der Waals surface area contributed by atoms with Gasteiger partial charge >= 0.3 is 11.9 Å². The molecule has 3 N–H and O–H groups in total. The quantitative estimate of drug-likeness (QED) is 0.625. The van der Waals surface area contributed by atoms with Gasteiger partial charge in [0.15, 0.2) is 6.61 Å². The Hall–Kier alpha value is -2.77. The van der Waals surface area contributed by atoms with Crippen molar-refractivity contribution in [1.82, 2.24) is 5.32 Å². The van der Waals surface area contributed by atoms with Crippen LogP contribution in [0.5, 0.6) is 11.5 Å². The van der Waals surface area contributed by atoms with E-state index in [0.29, 0.717) is 0 Å². The predicted octanol–water partition coefficient (Wildman–Crippen LogP) is -0.456. The van der Waals surface area contributed by atoms with Crippen LogP contribution in [-0.2, 0) is 19.1 Å². The lowest BCUT2D eigenvalue weighted by Crippen LogP contribution is -2.33. The second-order valence-corrected chi connectivity index (χ2v) is 3.63. The minimum atomic E-state index is -0.935. The summed E-state index contributed by atoms with van der Waals surface area (Å²) in [5.74, 6) is -2.95. The van der Waals surface area contributed by atoms with Crippen molar-refractivity contribution >= 4 is 17.8 Å². The Bertz CT molecular complexity index is 527. The Morgan fingerprint density at radius 1 is 1.25 bits per heavy atom. The van der Waals surface area contributed by atoms with Gasteiger partial charge in [-0.25, -0.2) is 4.79 Å². The monoisotopic (exact) mass is 283 g/mol. The van der Waals surface area contributed by atoms with E-state index in [1.165, 1.54) is 13.2 Å². The van der Waals surface area contributed by atoms with Gasteiger partial charge in [0.05, 0.1) is 7.11 Å². The summed E-state index contributed by atoms with van der Waals surface area (Å²) in [6.45, 7) is -0.951. The van der Waals surface area contributed by atoms with Crippen molar-refractivity contribution in [1.29, 1.82) is 0 Å². The highest BCUT2D eigenvalue weighted by Crippen LogP contribution is 2.22. The van der Waals surface area contributed by atoms with Crippen LogP contribution < -0.4 is 5.32 Å². The third-order valence-electron chi connectivity index (χ3n) is 2.19. The molecule has 0 aliphatic rings. The van der Waals surface area contributed by atoms with E-state index in [1.807, 2.05) is 0 Å². The first-order chi connectivity index (χ1) is 9.43. The highest BCUT2D eigenvalue weighted by atomic mass is 16.5. The van der Waals surface area contributed by atoms with E-state index in [2.05, 4.69) is 14.8 Å². The number of carbonyl (C=O) groups is 3. The molecule has 1 rings (SSSR count). The van der Waals surface area contributed by atoms with Gasteiger partial charge in [0.1, 0.15) is 23.6 Å². The van der Waals surface area contributed by atoms with Crippen molar-refractivity contribution in [2.24, 2.45) is 0 Å². The van der Waals surface area contributed by atoms with Crippen LogP contribution in [0.3, 0.4) is 0 Å². The van der Waals surface area contributed by atoms with Crippen molar-refractivity contribution in [3.63, 3.8) is 0 Å². The Labute approximate surface area is 113 Å². The number of hydrogen-bond donors (Lipinski definition) is 3. The third kappa shape index (κ3) is 4.48. The van der Waals surface area contributed by atoms with Crippen LogP contribution in [0.1, 0.15) is 10.4 Å². The average Bonchev–Trinajstić information content (AvgIpc) is 2.42. The fourth-order valence-electron chi connectivity index (χ4n) is 1.20. The van der Waals surface area contributed by atoms with E-state index >= 15 is 0 Å². The zero-order chi connectivity index (χ0) is 15.1. The molecule has 0 fully saturated rings. The summed E-state index contributed by atoms with van der Waals surface area (Å²) in [5, 5.41) is 20.6. The molecule has 0 aliphatic carbocycles. The first kappa shape index (κ1) is 15.3. The summed E-state index contributed by atoms with van der Waals surface area (Å²) in [6, 6.07) is 3.31. The van der Waals surface area contributed by atoms with Crippen LogP contribution in [0.2, 0.25) is 0 Å². The predicted molar refractivity (Wildman–Crippen MR) is 65.1 cm³/mol. The highest BCUT2D eigenvalue weighted by Gasteiger charge is 2.15. The van der Waals surface area contributed by atoms with E-state index in [9.17, 15) is 19.5 Å². The molecule has 0 unspecified atom stereocenters. The first-order valence-electron chi connectivity index (χ1n) is 5.46. The summed E-state index contributed by atoms with van der Waals surface area (Å²) in [6.07, 6.45) is 0. The van der Waals surface area contributed by atoms with E-state index in [-0.39, 0.29) is 17.9 Å². The number of methoxy groups -OCH3 is 1. The maximum atomic E-state index is 11.5. The first-order valence-corrected chi connectivity index (χ1v) is 5.46. The topological polar surface area (TPSA) is 122 Å². The zero-order valence-electron chi connectivity index (χ0n) is 10.6. The fraction of sp³-hybridized carbons (Fsp3) is 0.250. The summed E-state index contributed by atoms with van der Waals surface area (Å²) in [7, 11) is 1.17. The summed E-state index contributed by atoms with van der Waals surface area (Å²) >= 11 is 0. The van der Waals surface area contributed by atoms with E-state index < -0.39 is 30.2 Å². The van der Waals surface area contributed by atoms with Gasteiger partial charge in [-0.3, -0.25) is 9.59 Å². The van der Waals surface area contributed by atoms with Gasteiger partial charge in [-0.15, -0.1) is 0 Å². The van der Waals surface area contributed by atoms with Crippen molar-refractivity contribution in [2.75, 3.05) is 20.3 Å². The lowest BCUT2D eigenvalue weighted by Gasteiger charge is -2.07. The van der Waals surface area contributed by atoms with Crippen LogP contribution >= 0.6 is 0 Å². The smallest absolute Gasteiger partial charge is 0.342 e. The molecule has 8 nitrogen and oxygen atoms in total. The molecule has 20 heavy (non-hydrogen) atoms. The van der Waals surface area contributed by atoms with Crippen LogP contribution in [0.15, 0.2) is 18.2 Å². The molecule has 0 spiro atoms. The van der Waals surface area contributed by atoms with Crippen molar-refractivity contribution in [2.45, 2.75) is 0 Å². The second-order valence-electron chi connectivity index (χ2n) is 3.63. The Morgan fingerprint density at radius 3 is 2.55 bits per heavy atom. The fourth-order valence-corrected chi connectivity index (χ4v) is 1.20. The Balaban J connectivity index is 2.47. The van der Waals surface area contributed by atoms with Crippen molar-refractivity contribution in [3.8, 4) is 11.5 Å². The number of ether oxygens (including phenoxy) is 2. The molecule has 0 aromatic heterocycles. The standard InChI is InChI=1S/C12H13NO7/c1-19-11(17)5-13-10(16)6-20-12(18)8-3-2-7(14)4-9(8)15/h2-4,14-15H,5-6H2,1H3,(H,13,16). The van der Waals surface area contributed by atoms with Gasteiger partial charge in [-0.1, -0.05) is 0 Å². The van der Waals surface area contributed by atoms with Crippen molar-refractivity contribution < 1.29 is 34.1 Å². The maximum absolute atomic E-state index is 11.5. The number of nitrogens with one attached hydrogen (secondary N) is 1. The number of carbonyl (C=O) groups excluding carboxylic acids is 3. The molecule has 0 radical (unpaired) electrons. The number of phenols is 2. The van der Waals surface area contributed by atoms with E-state index in [4.69, 9.17) is 5.11 Å². The normalized spacial score (nSPS) is 9.65. The molecule has 1 aromatic carbocycles. The maximum Gasteiger partial charge on any atom is 0.342 e. The average molecular weight is 283 g/mol. The molecular weight excluding hydrogens is 270 g/mol. The van der Waals surface area contributed by atoms with Crippen LogP contribution in [0.4, 0.5) is 0 Å². The van der Waals surface area contributed by atoms with Gasteiger partial charge in [-0.05, 0) is 12.1 Å². The molecule has 0 saturated heterocycles. The Kier molecular flexibility index (Phi) is 5.33. The van der Waals surface area contributed by atoms with Gasteiger partial charge in [0.25, 0.3) is 5.91 Å². The Morgan fingerprint density at radius 2 is 1.95 bits per heavy atom.